The Morgan fingerprint density at radius 3 is 2.68 bits per heavy atom. The molecule has 3 atom stereocenters. The fourth-order valence-electron chi connectivity index (χ4n) is 3.35. The summed E-state index contributed by atoms with van der Waals surface area (Å²) in [5, 5.41) is 3.51. The summed E-state index contributed by atoms with van der Waals surface area (Å²) in [5.74, 6) is 0.855. The monoisotopic (exact) mass is 260 g/mol. The van der Waals surface area contributed by atoms with Crippen LogP contribution in [-0.4, -0.2) is 31.1 Å². The first-order chi connectivity index (χ1) is 9.11. The van der Waals surface area contributed by atoms with Gasteiger partial charge in [-0.1, -0.05) is 31.2 Å². The molecule has 1 aliphatic rings. The number of benzene rings is 1. The summed E-state index contributed by atoms with van der Waals surface area (Å²) in [7, 11) is 4.38. The summed E-state index contributed by atoms with van der Waals surface area (Å²) in [4.78, 5) is 2.54. The third kappa shape index (κ3) is 3.58. The zero-order chi connectivity index (χ0) is 13.8. The van der Waals surface area contributed by atoms with Crippen LogP contribution in [0.25, 0.3) is 0 Å². The van der Waals surface area contributed by atoms with E-state index in [1.807, 2.05) is 0 Å². The van der Waals surface area contributed by atoms with Gasteiger partial charge in [0.15, 0.2) is 0 Å². The molecule has 0 aliphatic heterocycles. The van der Waals surface area contributed by atoms with Gasteiger partial charge in [-0.2, -0.15) is 0 Å². The predicted octanol–water partition coefficient (Wildman–Crippen LogP) is 3.20. The van der Waals surface area contributed by atoms with Gasteiger partial charge in [0, 0.05) is 18.6 Å². The van der Waals surface area contributed by atoms with Crippen LogP contribution in [0.3, 0.4) is 0 Å². The molecule has 2 heteroatoms. The molecule has 1 N–H and O–H groups in total. The van der Waals surface area contributed by atoms with Crippen molar-refractivity contribution >= 4 is 0 Å². The molecule has 0 amide bonds. The Hall–Kier alpha value is -0.860. The molecule has 2 nitrogen and oxygen atoms in total. The summed E-state index contributed by atoms with van der Waals surface area (Å²) in [6, 6.07) is 10.0. The van der Waals surface area contributed by atoms with E-state index in [1.54, 1.807) is 0 Å². The number of hydrogen-bond donors (Lipinski definition) is 1. The van der Waals surface area contributed by atoms with E-state index in [0.29, 0.717) is 12.1 Å². The number of likely N-dealkylation sites (N-methyl/N-ethyl adjacent to an activating group) is 2. The smallest absolute Gasteiger partial charge is 0.0252 e. The lowest BCUT2D eigenvalue weighted by Gasteiger charge is -2.40. The van der Waals surface area contributed by atoms with E-state index in [-0.39, 0.29) is 0 Å². The number of rotatable bonds is 4. The minimum Gasteiger partial charge on any atom is -0.315 e. The molecule has 0 radical (unpaired) electrons. The van der Waals surface area contributed by atoms with Crippen molar-refractivity contribution in [3.8, 4) is 0 Å². The minimum absolute atomic E-state index is 0.644. The zero-order valence-electron chi connectivity index (χ0n) is 12.8. The van der Waals surface area contributed by atoms with Gasteiger partial charge < -0.3 is 5.32 Å². The first kappa shape index (κ1) is 14.5. The Bertz CT molecular complexity index is 402. The van der Waals surface area contributed by atoms with Crippen LogP contribution in [-0.2, 0) is 6.54 Å². The Kier molecular flexibility index (Phi) is 5.00. The second-order valence-electron chi connectivity index (χ2n) is 6.22. The molecule has 3 unspecified atom stereocenters. The third-order valence-corrected chi connectivity index (χ3v) is 4.70. The summed E-state index contributed by atoms with van der Waals surface area (Å²) in [6.45, 7) is 5.66. The fourth-order valence-corrected chi connectivity index (χ4v) is 3.35. The molecule has 1 saturated carbocycles. The Morgan fingerprint density at radius 1 is 1.26 bits per heavy atom. The minimum atomic E-state index is 0.644. The average Bonchev–Trinajstić information content (AvgIpc) is 2.41. The van der Waals surface area contributed by atoms with Crippen LogP contribution in [0.1, 0.15) is 37.3 Å². The number of aryl methyl sites for hydroxylation is 1. The van der Waals surface area contributed by atoms with E-state index in [0.717, 1.165) is 12.5 Å². The van der Waals surface area contributed by atoms with Crippen molar-refractivity contribution in [2.45, 2.75) is 51.7 Å². The first-order valence-corrected chi connectivity index (χ1v) is 7.53. The highest BCUT2D eigenvalue weighted by molar-refractivity contribution is 5.25. The molecule has 106 valence electrons. The van der Waals surface area contributed by atoms with Gasteiger partial charge in [0.25, 0.3) is 0 Å². The van der Waals surface area contributed by atoms with Gasteiger partial charge in [-0.3, -0.25) is 4.90 Å². The maximum atomic E-state index is 3.51. The van der Waals surface area contributed by atoms with Crippen LogP contribution in [0.5, 0.6) is 0 Å². The van der Waals surface area contributed by atoms with E-state index in [4.69, 9.17) is 0 Å². The molecular formula is C17H28N2. The standard InChI is InChI=1S/C17H28N2/c1-13-9-10-16(18-3)17(11-13)19(4)12-15-8-6-5-7-14(15)2/h5-8,13,16-18H,9-12H2,1-4H3. The molecule has 19 heavy (non-hydrogen) atoms. The van der Waals surface area contributed by atoms with Crippen molar-refractivity contribution < 1.29 is 0 Å². The van der Waals surface area contributed by atoms with Gasteiger partial charge in [0.2, 0.25) is 0 Å². The van der Waals surface area contributed by atoms with Crippen molar-refractivity contribution in [1.82, 2.24) is 10.2 Å². The maximum absolute atomic E-state index is 3.51. The van der Waals surface area contributed by atoms with Crippen LogP contribution >= 0.6 is 0 Å². The van der Waals surface area contributed by atoms with E-state index in [9.17, 15) is 0 Å². The van der Waals surface area contributed by atoms with Gasteiger partial charge in [-0.25, -0.2) is 0 Å². The van der Waals surface area contributed by atoms with Crippen LogP contribution in [0, 0.1) is 12.8 Å². The molecule has 1 aliphatic carbocycles. The molecule has 0 spiro atoms. The van der Waals surface area contributed by atoms with Crippen LogP contribution in [0.2, 0.25) is 0 Å². The van der Waals surface area contributed by atoms with Crippen molar-refractivity contribution in [3.05, 3.63) is 35.4 Å². The second-order valence-corrected chi connectivity index (χ2v) is 6.22. The Labute approximate surface area is 118 Å². The van der Waals surface area contributed by atoms with E-state index < -0.39 is 0 Å². The van der Waals surface area contributed by atoms with E-state index >= 15 is 0 Å². The van der Waals surface area contributed by atoms with Crippen LogP contribution in [0.15, 0.2) is 24.3 Å². The first-order valence-electron chi connectivity index (χ1n) is 7.53. The molecule has 2 rings (SSSR count). The Balaban J connectivity index is 2.05. The fraction of sp³-hybridized carbons (Fsp3) is 0.647. The highest BCUT2D eigenvalue weighted by atomic mass is 15.2. The summed E-state index contributed by atoms with van der Waals surface area (Å²) < 4.78 is 0. The van der Waals surface area contributed by atoms with Gasteiger partial charge in [-0.15, -0.1) is 0 Å². The van der Waals surface area contributed by atoms with Crippen molar-refractivity contribution in [1.29, 1.82) is 0 Å². The largest absolute Gasteiger partial charge is 0.315 e. The van der Waals surface area contributed by atoms with Gasteiger partial charge in [-0.05, 0) is 57.3 Å². The lowest BCUT2D eigenvalue weighted by Crippen LogP contribution is -2.50. The molecule has 1 fully saturated rings. The normalized spacial score (nSPS) is 27.7. The molecule has 0 bridgehead atoms. The van der Waals surface area contributed by atoms with Gasteiger partial charge >= 0.3 is 0 Å². The molecule has 0 heterocycles. The lowest BCUT2D eigenvalue weighted by molar-refractivity contribution is 0.122. The van der Waals surface area contributed by atoms with Crippen LogP contribution in [0.4, 0.5) is 0 Å². The highest BCUT2D eigenvalue weighted by Gasteiger charge is 2.30. The van der Waals surface area contributed by atoms with Crippen molar-refractivity contribution in [2.24, 2.45) is 5.92 Å². The topological polar surface area (TPSA) is 15.3 Å². The Morgan fingerprint density at radius 2 is 2.00 bits per heavy atom. The SMILES string of the molecule is CNC1CCC(C)CC1N(C)Cc1ccccc1C. The number of nitrogens with zero attached hydrogens (tertiary/aromatic N) is 1. The molecule has 1 aromatic carbocycles. The van der Waals surface area contributed by atoms with Gasteiger partial charge in [0.1, 0.15) is 0 Å². The van der Waals surface area contributed by atoms with Crippen molar-refractivity contribution in [3.63, 3.8) is 0 Å². The number of hydrogen-bond acceptors (Lipinski definition) is 2. The zero-order valence-corrected chi connectivity index (χ0v) is 12.8. The summed E-state index contributed by atoms with van der Waals surface area (Å²) in [6.07, 6.45) is 3.98. The van der Waals surface area contributed by atoms with Gasteiger partial charge in [0.05, 0.1) is 0 Å². The highest BCUT2D eigenvalue weighted by Crippen LogP contribution is 2.28. The average molecular weight is 260 g/mol. The predicted molar refractivity (Wildman–Crippen MR) is 82.3 cm³/mol. The van der Waals surface area contributed by atoms with Crippen LogP contribution < -0.4 is 5.32 Å². The third-order valence-electron chi connectivity index (χ3n) is 4.70. The quantitative estimate of drug-likeness (QED) is 0.894. The second kappa shape index (κ2) is 6.53. The summed E-state index contributed by atoms with van der Waals surface area (Å²) >= 11 is 0. The molecule has 1 aromatic rings. The number of nitrogens with one attached hydrogen (secondary N) is 1. The maximum Gasteiger partial charge on any atom is 0.0252 e. The lowest BCUT2D eigenvalue weighted by atomic mass is 9.82. The molecule has 0 aromatic heterocycles. The summed E-state index contributed by atoms with van der Waals surface area (Å²) in [5.41, 5.74) is 2.86. The van der Waals surface area contributed by atoms with Crippen molar-refractivity contribution in [2.75, 3.05) is 14.1 Å². The van der Waals surface area contributed by atoms with E-state index in [2.05, 4.69) is 62.4 Å². The molecular weight excluding hydrogens is 232 g/mol. The molecule has 0 saturated heterocycles. The van der Waals surface area contributed by atoms with E-state index in [1.165, 1.54) is 30.4 Å².